The third-order valence-electron chi connectivity index (χ3n) is 4.08. The number of rotatable bonds is 4. The maximum atomic E-state index is 12.3. The highest BCUT2D eigenvalue weighted by Gasteiger charge is 2.34. The van der Waals surface area contributed by atoms with Crippen LogP contribution in [0.3, 0.4) is 0 Å². The summed E-state index contributed by atoms with van der Waals surface area (Å²) in [6.07, 6.45) is -3.05. The van der Waals surface area contributed by atoms with Gasteiger partial charge in [0.05, 0.1) is 11.1 Å². The van der Waals surface area contributed by atoms with E-state index in [9.17, 15) is 18.0 Å². The highest BCUT2D eigenvalue weighted by atomic mass is 35.5. The predicted octanol–water partition coefficient (Wildman–Crippen LogP) is 4.20. The number of hydrogen-bond donors (Lipinski definition) is 1. The normalized spacial score (nSPS) is 19.1. The quantitative estimate of drug-likeness (QED) is 0.867. The van der Waals surface area contributed by atoms with Crippen LogP contribution in [0.5, 0.6) is 0 Å². The van der Waals surface area contributed by atoms with Gasteiger partial charge in [0, 0.05) is 21.5 Å². The van der Waals surface area contributed by atoms with Crippen LogP contribution >= 0.6 is 22.9 Å². The molecule has 1 amide bonds. The van der Waals surface area contributed by atoms with E-state index < -0.39 is 24.7 Å². The summed E-state index contributed by atoms with van der Waals surface area (Å²) < 4.78 is 37.9. The van der Waals surface area contributed by atoms with Crippen molar-refractivity contribution in [3.8, 4) is 0 Å². The van der Waals surface area contributed by atoms with E-state index >= 15 is 0 Å². The first-order valence-electron chi connectivity index (χ1n) is 7.59. The predicted molar refractivity (Wildman–Crippen MR) is 89.3 cm³/mol. The molecule has 3 nitrogen and oxygen atoms in total. The zero-order valence-corrected chi connectivity index (χ0v) is 14.3. The molecular formula is C16H16ClF3N2OS. The molecular weight excluding hydrogens is 361 g/mol. The Kier molecular flexibility index (Phi) is 5.03. The molecule has 1 aromatic heterocycles. The van der Waals surface area contributed by atoms with Gasteiger partial charge in [-0.1, -0.05) is 29.8 Å². The lowest BCUT2D eigenvalue weighted by Crippen LogP contribution is -2.45. The van der Waals surface area contributed by atoms with Gasteiger partial charge in [-0.05, 0) is 25.5 Å². The van der Waals surface area contributed by atoms with E-state index in [0.717, 1.165) is 21.4 Å². The van der Waals surface area contributed by atoms with Crippen molar-refractivity contribution in [1.29, 1.82) is 0 Å². The minimum Gasteiger partial charge on any atom is -0.346 e. The first-order chi connectivity index (χ1) is 11.3. The second-order valence-electron chi connectivity index (χ2n) is 5.80. The van der Waals surface area contributed by atoms with Gasteiger partial charge in [-0.2, -0.15) is 13.2 Å². The smallest absolute Gasteiger partial charge is 0.346 e. The van der Waals surface area contributed by atoms with E-state index in [2.05, 4.69) is 0 Å². The lowest BCUT2D eigenvalue weighted by Gasteiger charge is -2.23. The summed E-state index contributed by atoms with van der Waals surface area (Å²) in [6, 6.07) is 7.23. The molecule has 1 saturated heterocycles. The first kappa shape index (κ1) is 17.5. The Hall–Kier alpha value is -1.31. The molecule has 8 heteroatoms. The summed E-state index contributed by atoms with van der Waals surface area (Å²) in [5, 5.41) is 3.62. The van der Waals surface area contributed by atoms with Gasteiger partial charge in [-0.25, -0.2) is 0 Å². The number of amides is 1. The minimum atomic E-state index is -4.39. The second kappa shape index (κ2) is 6.90. The third-order valence-corrected chi connectivity index (χ3v) is 5.78. The van der Waals surface area contributed by atoms with E-state index in [1.807, 2.05) is 34.5 Å². The molecule has 1 atom stereocenters. The zero-order chi connectivity index (χ0) is 17.3. The Morgan fingerprint density at radius 3 is 2.83 bits per heavy atom. The fraction of sp³-hybridized carbons (Fsp3) is 0.438. The van der Waals surface area contributed by atoms with Crippen LogP contribution in [-0.4, -0.2) is 36.1 Å². The van der Waals surface area contributed by atoms with Crippen molar-refractivity contribution in [2.75, 3.05) is 13.1 Å². The molecule has 2 heterocycles. The summed E-state index contributed by atoms with van der Waals surface area (Å²) in [4.78, 5) is 14.9. The average Bonchev–Trinajstić information content (AvgIpc) is 3.11. The molecule has 1 N–H and O–H groups in total. The Bertz CT molecular complexity index is 746. The SMILES string of the molecule is O=C(NCC(F)(F)F)[C@@H]1CCCN1Cc1sc2ccccc2c1Cl. The topological polar surface area (TPSA) is 32.3 Å². The van der Waals surface area contributed by atoms with Crippen LogP contribution in [0.2, 0.25) is 5.02 Å². The number of benzene rings is 1. The number of carbonyl (C=O) groups is 1. The van der Waals surface area contributed by atoms with Crippen molar-refractivity contribution in [1.82, 2.24) is 10.2 Å². The molecule has 1 aliphatic heterocycles. The molecule has 130 valence electrons. The fourth-order valence-corrected chi connectivity index (χ4v) is 4.49. The molecule has 0 saturated carbocycles. The monoisotopic (exact) mass is 376 g/mol. The molecule has 0 aliphatic carbocycles. The van der Waals surface area contributed by atoms with Gasteiger partial charge < -0.3 is 5.32 Å². The summed E-state index contributed by atoms with van der Waals surface area (Å²) in [7, 11) is 0. The zero-order valence-electron chi connectivity index (χ0n) is 12.7. The summed E-state index contributed by atoms with van der Waals surface area (Å²) in [6.45, 7) is -0.142. The summed E-state index contributed by atoms with van der Waals surface area (Å²) in [5.41, 5.74) is 0. The Morgan fingerprint density at radius 2 is 2.12 bits per heavy atom. The van der Waals surface area contributed by atoms with E-state index in [1.165, 1.54) is 0 Å². The number of nitrogens with zero attached hydrogens (tertiary/aromatic N) is 1. The standard InChI is InChI=1S/C16H16ClF3N2OS/c17-14-10-4-1-2-6-12(10)24-13(14)8-22-7-3-5-11(22)15(23)21-9-16(18,19)20/h1-2,4,6,11H,3,5,7-9H2,(H,21,23)/t11-/m0/s1. The van der Waals surface area contributed by atoms with Crippen LogP contribution in [0.15, 0.2) is 24.3 Å². The van der Waals surface area contributed by atoms with Crippen molar-refractivity contribution in [2.24, 2.45) is 0 Å². The van der Waals surface area contributed by atoms with Gasteiger partial charge in [0.25, 0.3) is 0 Å². The largest absolute Gasteiger partial charge is 0.405 e. The van der Waals surface area contributed by atoms with Crippen LogP contribution in [0.25, 0.3) is 10.1 Å². The Morgan fingerprint density at radius 1 is 1.38 bits per heavy atom. The number of nitrogens with one attached hydrogen (secondary N) is 1. The number of halogens is 4. The van der Waals surface area contributed by atoms with Crippen LogP contribution in [0, 0.1) is 0 Å². The molecule has 3 rings (SSSR count). The Labute approximate surface area is 146 Å². The number of fused-ring (bicyclic) bond motifs is 1. The van der Waals surface area contributed by atoms with E-state index in [1.54, 1.807) is 11.3 Å². The molecule has 24 heavy (non-hydrogen) atoms. The van der Waals surface area contributed by atoms with Crippen molar-refractivity contribution in [3.63, 3.8) is 0 Å². The average molecular weight is 377 g/mol. The van der Waals surface area contributed by atoms with E-state index in [-0.39, 0.29) is 0 Å². The van der Waals surface area contributed by atoms with Gasteiger partial charge in [-0.15, -0.1) is 11.3 Å². The molecule has 0 bridgehead atoms. The van der Waals surface area contributed by atoms with E-state index in [0.29, 0.717) is 24.5 Å². The Balaban J connectivity index is 1.71. The van der Waals surface area contributed by atoms with Crippen LogP contribution in [-0.2, 0) is 11.3 Å². The van der Waals surface area contributed by atoms with Gasteiger partial charge in [0.1, 0.15) is 6.54 Å². The summed E-state index contributed by atoms with van der Waals surface area (Å²) in [5.74, 6) is -0.568. The maximum Gasteiger partial charge on any atom is 0.405 e. The van der Waals surface area contributed by atoms with Gasteiger partial charge in [0.2, 0.25) is 5.91 Å². The van der Waals surface area contributed by atoms with Gasteiger partial charge in [-0.3, -0.25) is 9.69 Å². The maximum absolute atomic E-state index is 12.3. The van der Waals surface area contributed by atoms with E-state index in [4.69, 9.17) is 11.6 Å². The number of thiophene rings is 1. The van der Waals surface area contributed by atoms with Gasteiger partial charge >= 0.3 is 6.18 Å². The molecule has 1 aliphatic rings. The highest BCUT2D eigenvalue weighted by molar-refractivity contribution is 7.19. The molecule has 2 aromatic rings. The van der Waals surface area contributed by atoms with Crippen LogP contribution < -0.4 is 5.32 Å². The lowest BCUT2D eigenvalue weighted by atomic mass is 10.2. The minimum absolute atomic E-state index is 0.474. The highest BCUT2D eigenvalue weighted by Crippen LogP contribution is 2.37. The number of likely N-dealkylation sites (tertiary alicyclic amines) is 1. The van der Waals surface area contributed by atoms with Crippen LogP contribution in [0.4, 0.5) is 13.2 Å². The lowest BCUT2D eigenvalue weighted by molar-refractivity contribution is -0.141. The van der Waals surface area contributed by atoms with Crippen molar-refractivity contribution in [2.45, 2.75) is 31.6 Å². The first-order valence-corrected chi connectivity index (χ1v) is 8.79. The van der Waals surface area contributed by atoms with Crippen LogP contribution in [0.1, 0.15) is 17.7 Å². The van der Waals surface area contributed by atoms with Crippen molar-refractivity contribution < 1.29 is 18.0 Å². The molecule has 0 unspecified atom stereocenters. The van der Waals surface area contributed by atoms with Crippen molar-refractivity contribution >= 4 is 38.9 Å². The molecule has 1 aromatic carbocycles. The molecule has 1 fully saturated rings. The number of carbonyl (C=O) groups excluding carboxylic acids is 1. The molecule has 0 spiro atoms. The second-order valence-corrected chi connectivity index (χ2v) is 7.31. The fourth-order valence-electron chi connectivity index (χ4n) is 2.97. The number of hydrogen-bond acceptors (Lipinski definition) is 3. The van der Waals surface area contributed by atoms with Crippen molar-refractivity contribution in [3.05, 3.63) is 34.2 Å². The number of alkyl halides is 3. The summed E-state index contributed by atoms with van der Waals surface area (Å²) >= 11 is 7.98. The molecule has 0 radical (unpaired) electrons. The third kappa shape index (κ3) is 3.84. The van der Waals surface area contributed by atoms with Gasteiger partial charge in [0.15, 0.2) is 0 Å².